The van der Waals surface area contributed by atoms with Gasteiger partial charge < -0.3 is 4.74 Å². The first-order valence-corrected chi connectivity index (χ1v) is 9.17. The molecule has 0 fully saturated rings. The first kappa shape index (κ1) is 17.5. The summed E-state index contributed by atoms with van der Waals surface area (Å²) < 4.78 is 6.96. The Balaban J connectivity index is 1.78. The van der Waals surface area contributed by atoms with Crippen molar-refractivity contribution in [3.05, 3.63) is 70.5 Å². The van der Waals surface area contributed by atoms with Crippen LogP contribution in [-0.4, -0.2) is 27.2 Å². The number of aromatic nitrogens is 3. The van der Waals surface area contributed by atoms with E-state index in [0.29, 0.717) is 10.7 Å². The zero-order chi connectivity index (χ0) is 17.8. The Morgan fingerprint density at radius 1 is 1.24 bits per heavy atom. The number of ether oxygens (including phenoxy) is 1. The van der Waals surface area contributed by atoms with Crippen molar-refractivity contribution in [1.29, 1.82) is 0 Å². The number of carbonyl (C=O) groups is 1. The molecule has 0 unspecified atom stereocenters. The van der Waals surface area contributed by atoms with Gasteiger partial charge in [-0.05, 0) is 37.4 Å². The monoisotopic (exact) mass is 373 g/mol. The molecule has 0 aliphatic carbocycles. The van der Waals surface area contributed by atoms with Gasteiger partial charge in [-0.25, -0.2) is 9.48 Å². The molecular formula is C18H16ClN3O2S. The highest BCUT2D eigenvalue weighted by Crippen LogP contribution is 2.20. The van der Waals surface area contributed by atoms with Crippen LogP contribution in [0, 0.1) is 6.92 Å². The maximum absolute atomic E-state index is 12.3. The van der Waals surface area contributed by atoms with E-state index in [4.69, 9.17) is 16.3 Å². The van der Waals surface area contributed by atoms with Crippen LogP contribution in [0.25, 0.3) is 5.69 Å². The van der Waals surface area contributed by atoms with Crippen LogP contribution in [0.1, 0.15) is 21.7 Å². The van der Waals surface area contributed by atoms with Crippen molar-refractivity contribution in [2.45, 2.75) is 18.4 Å². The fraction of sp³-hybridized carbons (Fsp3) is 0.167. The maximum atomic E-state index is 12.3. The molecule has 1 heterocycles. The molecule has 0 atom stereocenters. The summed E-state index contributed by atoms with van der Waals surface area (Å²) in [6, 6.07) is 15.1. The van der Waals surface area contributed by atoms with Gasteiger partial charge in [-0.2, -0.15) is 0 Å². The number of carbonyl (C=O) groups excluding carboxylic acids is 1. The Morgan fingerprint density at radius 3 is 2.80 bits per heavy atom. The highest BCUT2D eigenvalue weighted by Gasteiger charge is 2.19. The zero-order valence-corrected chi connectivity index (χ0v) is 15.3. The first-order valence-electron chi connectivity index (χ1n) is 7.57. The van der Waals surface area contributed by atoms with Gasteiger partial charge in [0.1, 0.15) is 6.61 Å². The van der Waals surface area contributed by atoms with E-state index < -0.39 is 5.97 Å². The third kappa shape index (κ3) is 3.86. The number of benzene rings is 2. The summed E-state index contributed by atoms with van der Waals surface area (Å²) in [5, 5.41) is 8.63. The lowest BCUT2D eigenvalue weighted by atomic mass is 10.2. The Kier molecular flexibility index (Phi) is 5.40. The van der Waals surface area contributed by atoms with E-state index in [1.807, 2.05) is 48.7 Å². The van der Waals surface area contributed by atoms with E-state index >= 15 is 0 Å². The number of esters is 1. The van der Waals surface area contributed by atoms with Crippen LogP contribution < -0.4 is 0 Å². The van der Waals surface area contributed by atoms with Crippen LogP contribution in [0.5, 0.6) is 0 Å². The molecule has 3 rings (SSSR count). The second kappa shape index (κ2) is 7.72. The molecule has 7 heteroatoms. The van der Waals surface area contributed by atoms with E-state index in [1.54, 1.807) is 29.4 Å². The smallest absolute Gasteiger partial charge is 0.361 e. The molecule has 3 aromatic rings. The number of hydrogen-bond donors (Lipinski definition) is 0. The molecule has 0 aliphatic rings. The van der Waals surface area contributed by atoms with Crippen molar-refractivity contribution in [3.63, 3.8) is 0 Å². The minimum Gasteiger partial charge on any atom is -0.456 e. The quantitative estimate of drug-likeness (QED) is 0.492. The minimum absolute atomic E-state index is 0.0900. The van der Waals surface area contributed by atoms with Crippen LogP contribution in [0.4, 0.5) is 0 Å². The van der Waals surface area contributed by atoms with Gasteiger partial charge in [-0.1, -0.05) is 41.1 Å². The second-order valence-corrected chi connectivity index (χ2v) is 6.59. The summed E-state index contributed by atoms with van der Waals surface area (Å²) in [6.45, 7) is 1.88. The molecule has 0 aliphatic heterocycles. The average Bonchev–Trinajstić information content (AvgIpc) is 3.02. The van der Waals surface area contributed by atoms with Crippen LogP contribution in [-0.2, 0) is 11.3 Å². The van der Waals surface area contributed by atoms with E-state index in [-0.39, 0.29) is 12.3 Å². The van der Waals surface area contributed by atoms with Crippen molar-refractivity contribution in [1.82, 2.24) is 15.0 Å². The summed E-state index contributed by atoms with van der Waals surface area (Å²) in [5.41, 5.74) is 2.42. The number of nitrogens with zero attached hydrogens (tertiary/aromatic N) is 3. The van der Waals surface area contributed by atoms with Crippen LogP contribution in [0.15, 0.2) is 53.4 Å². The van der Waals surface area contributed by atoms with Gasteiger partial charge in [0, 0.05) is 15.5 Å². The molecule has 1 aromatic heterocycles. The standard InChI is InChI=1S/C18H16ClN3O2S/c1-12-17(18(23)24-11-13-6-3-4-9-16(13)19)20-21-22(12)14-7-5-8-15(10-14)25-2/h3-10H,11H2,1-2H3. The summed E-state index contributed by atoms with van der Waals surface area (Å²) in [7, 11) is 0. The van der Waals surface area contributed by atoms with E-state index in [9.17, 15) is 4.79 Å². The zero-order valence-electron chi connectivity index (χ0n) is 13.8. The molecule has 0 N–H and O–H groups in total. The van der Waals surface area contributed by atoms with Gasteiger partial charge >= 0.3 is 5.97 Å². The molecule has 2 aromatic carbocycles. The number of hydrogen-bond acceptors (Lipinski definition) is 5. The summed E-state index contributed by atoms with van der Waals surface area (Å²) in [6.07, 6.45) is 2.00. The maximum Gasteiger partial charge on any atom is 0.361 e. The minimum atomic E-state index is -0.523. The molecule has 0 bridgehead atoms. The van der Waals surface area contributed by atoms with E-state index in [2.05, 4.69) is 10.3 Å². The second-order valence-electron chi connectivity index (χ2n) is 5.30. The average molecular weight is 374 g/mol. The van der Waals surface area contributed by atoms with Gasteiger partial charge in [0.25, 0.3) is 0 Å². The predicted molar refractivity (Wildman–Crippen MR) is 98.4 cm³/mol. The summed E-state index contributed by atoms with van der Waals surface area (Å²) in [4.78, 5) is 13.4. The van der Waals surface area contributed by atoms with E-state index in [1.165, 1.54) is 0 Å². The Bertz CT molecular complexity index is 911. The van der Waals surface area contributed by atoms with E-state index in [0.717, 1.165) is 16.1 Å². The number of rotatable bonds is 5. The largest absolute Gasteiger partial charge is 0.456 e. The number of thioether (sulfide) groups is 1. The molecule has 0 saturated carbocycles. The Labute approximate surface area is 155 Å². The van der Waals surface area contributed by atoms with Crippen molar-refractivity contribution in [2.75, 3.05) is 6.26 Å². The lowest BCUT2D eigenvalue weighted by Crippen LogP contribution is -2.08. The van der Waals surface area contributed by atoms with Crippen LogP contribution in [0.2, 0.25) is 5.02 Å². The Morgan fingerprint density at radius 2 is 2.04 bits per heavy atom. The van der Waals surface area contributed by atoms with Crippen LogP contribution >= 0.6 is 23.4 Å². The topological polar surface area (TPSA) is 57.0 Å². The molecule has 128 valence electrons. The molecule has 5 nitrogen and oxygen atoms in total. The third-order valence-electron chi connectivity index (χ3n) is 3.70. The lowest BCUT2D eigenvalue weighted by molar-refractivity contribution is 0.0465. The van der Waals surface area contributed by atoms with Crippen molar-refractivity contribution >= 4 is 29.3 Å². The summed E-state index contributed by atoms with van der Waals surface area (Å²) >= 11 is 7.71. The van der Waals surface area contributed by atoms with Gasteiger partial charge in [0.05, 0.1) is 11.4 Å². The molecule has 0 radical (unpaired) electrons. The molecule has 0 spiro atoms. The lowest BCUT2D eigenvalue weighted by Gasteiger charge is -2.06. The third-order valence-corrected chi connectivity index (χ3v) is 4.80. The van der Waals surface area contributed by atoms with Crippen molar-refractivity contribution in [3.8, 4) is 5.69 Å². The fourth-order valence-corrected chi connectivity index (χ4v) is 2.98. The van der Waals surface area contributed by atoms with Gasteiger partial charge in [-0.15, -0.1) is 16.9 Å². The highest BCUT2D eigenvalue weighted by molar-refractivity contribution is 7.98. The van der Waals surface area contributed by atoms with Crippen molar-refractivity contribution in [2.24, 2.45) is 0 Å². The molecular weight excluding hydrogens is 358 g/mol. The van der Waals surface area contributed by atoms with Crippen molar-refractivity contribution < 1.29 is 9.53 Å². The van der Waals surface area contributed by atoms with Crippen LogP contribution in [0.3, 0.4) is 0 Å². The normalized spacial score (nSPS) is 10.7. The Hall–Kier alpha value is -2.31. The van der Waals surface area contributed by atoms with Gasteiger partial charge in [-0.3, -0.25) is 0 Å². The summed E-state index contributed by atoms with van der Waals surface area (Å²) in [5.74, 6) is -0.523. The first-order chi connectivity index (χ1) is 12.1. The SMILES string of the molecule is CSc1cccc(-n2nnc(C(=O)OCc3ccccc3Cl)c2C)c1. The highest BCUT2D eigenvalue weighted by atomic mass is 35.5. The fourth-order valence-electron chi connectivity index (χ4n) is 2.33. The number of halogens is 1. The molecule has 0 saturated heterocycles. The molecule has 0 amide bonds. The predicted octanol–water partition coefficient (Wildman–Crippen LogP) is 4.31. The van der Waals surface area contributed by atoms with Gasteiger partial charge in [0.2, 0.25) is 0 Å². The van der Waals surface area contributed by atoms with Gasteiger partial charge in [0.15, 0.2) is 5.69 Å². The molecule has 25 heavy (non-hydrogen) atoms.